The first-order valence-electron chi connectivity index (χ1n) is 9.85. The van der Waals surface area contributed by atoms with E-state index in [1.54, 1.807) is 13.3 Å². The molecular formula is C24H25N3O2S. The zero-order chi connectivity index (χ0) is 21.3. The number of aryl methyl sites for hydroxylation is 2. The molecule has 0 aliphatic heterocycles. The molecule has 1 unspecified atom stereocenters. The van der Waals surface area contributed by atoms with Crippen LogP contribution in [0.2, 0.25) is 0 Å². The number of nitrogens with zero attached hydrogens (tertiary/aromatic N) is 3. The van der Waals surface area contributed by atoms with E-state index in [2.05, 4.69) is 23.2 Å². The lowest BCUT2D eigenvalue weighted by molar-refractivity contribution is 0.407. The van der Waals surface area contributed by atoms with Gasteiger partial charge in [-0.1, -0.05) is 42.5 Å². The van der Waals surface area contributed by atoms with Crippen LogP contribution in [-0.4, -0.2) is 25.9 Å². The lowest BCUT2D eigenvalue weighted by Gasteiger charge is -2.12. The van der Waals surface area contributed by atoms with Gasteiger partial charge in [0.15, 0.2) is 5.16 Å². The largest absolute Gasteiger partial charge is 0.496 e. The van der Waals surface area contributed by atoms with E-state index in [1.165, 1.54) is 5.56 Å². The van der Waals surface area contributed by atoms with Crippen molar-refractivity contribution in [3.05, 3.63) is 82.7 Å². The van der Waals surface area contributed by atoms with E-state index in [0.717, 1.165) is 45.6 Å². The minimum absolute atomic E-state index is 0.299. The maximum atomic E-state index is 13.3. The summed E-state index contributed by atoms with van der Waals surface area (Å²) in [6.07, 6.45) is 2.56. The molecule has 2 heterocycles. The topological polar surface area (TPSA) is 57.0 Å². The molecule has 1 atom stereocenters. The van der Waals surface area contributed by atoms with Crippen LogP contribution in [0.25, 0.3) is 11.0 Å². The Kier molecular flexibility index (Phi) is 5.68. The third-order valence-corrected chi connectivity index (χ3v) is 6.72. The average molecular weight is 420 g/mol. The molecular weight excluding hydrogens is 394 g/mol. The van der Waals surface area contributed by atoms with Crippen LogP contribution in [0.15, 0.2) is 59.9 Å². The molecule has 5 nitrogen and oxygen atoms in total. The van der Waals surface area contributed by atoms with Gasteiger partial charge in [0.2, 0.25) is 0 Å². The van der Waals surface area contributed by atoms with Crippen LogP contribution in [0.3, 0.4) is 0 Å². The van der Waals surface area contributed by atoms with E-state index in [1.807, 2.05) is 55.8 Å². The van der Waals surface area contributed by atoms with Gasteiger partial charge in [0.25, 0.3) is 0 Å². The van der Waals surface area contributed by atoms with E-state index >= 15 is 0 Å². The fourth-order valence-corrected chi connectivity index (χ4v) is 5.08. The van der Waals surface area contributed by atoms with Crippen LogP contribution in [0.1, 0.15) is 27.9 Å². The van der Waals surface area contributed by atoms with Crippen LogP contribution in [0.5, 0.6) is 5.75 Å². The Bertz CT molecular complexity index is 1230. The fourth-order valence-electron chi connectivity index (χ4n) is 3.82. The normalized spacial score (nSPS) is 12.3. The van der Waals surface area contributed by atoms with Gasteiger partial charge in [0, 0.05) is 24.4 Å². The number of rotatable bonds is 6. The third-order valence-electron chi connectivity index (χ3n) is 5.41. The quantitative estimate of drug-likeness (QED) is 0.462. The number of hydrogen-bond donors (Lipinski definition) is 0. The molecule has 6 heteroatoms. The maximum Gasteiger partial charge on any atom is 0.200 e. The molecule has 0 aliphatic rings. The summed E-state index contributed by atoms with van der Waals surface area (Å²) in [6.45, 7) is 3.91. The van der Waals surface area contributed by atoms with Crippen molar-refractivity contribution in [3.63, 3.8) is 0 Å². The highest BCUT2D eigenvalue weighted by molar-refractivity contribution is 7.84. The predicted octanol–water partition coefficient (Wildman–Crippen LogP) is 4.49. The van der Waals surface area contributed by atoms with Gasteiger partial charge in [0.05, 0.1) is 40.4 Å². The zero-order valence-corrected chi connectivity index (χ0v) is 18.5. The number of pyridine rings is 1. The number of benzene rings is 2. The average Bonchev–Trinajstić information content (AvgIpc) is 3.09. The second-order valence-corrected chi connectivity index (χ2v) is 8.78. The SMILES string of the molecule is COc1c(C)cnc(CS(=O)c2nc3c(Cc4ccccc4)cccc3n2C)c1C. The number of para-hydroxylation sites is 1. The van der Waals surface area contributed by atoms with Crippen LogP contribution < -0.4 is 4.74 Å². The van der Waals surface area contributed by atoms with Crippen molar-refractivity contribution in [2.45, 2.75) is 31.2 Å². The molecule has 0 saturated heterocycles. The fraction of sp³-hybridized carbons (Fsp3) is 0.250. The molecule has 0 N–H and O–H groups in total. The Hall–Kier alpha value is -2.99. The van der Waals surface area contributed by atoms with Crippen molar-refractivity contribution in [1.82, 2.24) is 14.5 Å². The molecule has 0 saturated carbocycles. The second-order valence-electron chi connectivity index (χ2n) is 7.44. The Morgan fingerprint density at radius 3 is 2.57 bits per heavy atom. The number of aromatic nitrogens is 3. The van der Waals surface area contributed by atoms with E-state index < -0.39 is 10.8 Å². The lowest BCUT2D eigenvalue weighted by atomic mass is 10.0. The van der Waals surface area contributed by atoms with Gasteiger partial charge in [-0.25, -0.2) is 4.98 Å². The summed E-state index contributed by atoms with van der Waals surface area (Å²) < 4.78 is 20.7. The highest BCUT2D eigenvalue weighted by Gasteiger charge is 2.19. The Morgan fingerprint density at radius 2 is 1.83 bits per heavy atom. The molecule has 4 rings (SSSR count). The monoisotopic (exact) mass is 419 g/mol. The Labute approximate surface area is 179 Å². The summed E-state index contributed by atoms with van der Waals surface area (Å²) >= 11 is 0. The lowest BCUT2D eigenvalue weighted by Crippen LogP contribution is -2.07. The van der Waals surface area contributed by atoms with Gasteiger partial charge in [-0.15, -0.1) is 0 Å². The van der Waals surface area contributed by atoms with Gasteiger partial charge in [-0.3, -0.25) is 9.19 Å². The van der Waals surface area contributed by atoms with Gasteiger partial charge >= 0.3 is 0 Å². The van der Waals surface area contributed by atoms with Crippen molar-refractivity contribution in [1.29, 1.82) is 0 Å². The first kappa shape index (κ1) is 20.3. The first-order valence-corrected chi connectivity index (χ1v) is 11.2. The van der Waals surface area contributed by atoms with E-state index in [4.69, 9.17) is 9.72 Å². The van der Waals surface area contributed by atoms with Gasteiger partial charge in [0.1, 0.15) is 5.75 Å². The Balaban J connectivity index is 1.69. The summed E-state index contributed by atoms with van der Waals surface area (Å²) in [5.74, 6) is 1.10. The van der Waals surface area contributed by atoms with Crippen molar-refractivity contribution in [2.24, 2.45) is 7.05 Å². The Morgan fingerprint density at radius 1 is 1.07 bits per heavy atom. The summed E-state index contributed by atoms with van der Waals surface area (Å²) in [6, 6.07) is 16.5. The van der Waals surface area contributed by atoms with Crippen molar-refractivity contribution < 1.29 is 8.95 Å². The van der Waals surface area contributed by atoms with Crippen LogP contribution >= 0.6 is 0 Å². The molecule has 0 aliphatic carbocycles. The predicted molar refractivity (Wildman–Crippen MR) is 120 cm³/mol. The first-order chi connectivity index (χ1) is 14.5. The smallest absolute Gasteiger partial charge is 0.200 e. The number of methoxy groups -OCH3 is 1. The molecule has 154 valence electrons. The summed E-state index contributed by atoms with van der Waals surface area (Å²) in [4.78, 5) is 9.30. The van der Waals surface area contributed by atoms with E-state index in [9.17, 15) is 4.21 Å². The highest BCUT2D eigenvalue weighted by atomic mass is 32.2. The maximum absolute atomic E-state index is 13.3. The van der Waals surface area contributed by atoms with Crippen LogP contribution in [0.4, 0.5) is 0 Å². The molecule has 2 aromatic carbocycles. The molecule has 0 bridgehead atoms. The highest BCUT2D eigenvalue weighted by Crippen LogP contribution is 2.27. The summed E-state index contributed by atoms with van der Waals surface area (Å²) in [5.41, 5.74) is 6.91. The molecule has 0 amide bonds. The number of imidazole rings is 1. The molecule has 0 radical (unpaired) electrons. The molecule has 30 heavy (non-hydrogen) atoms. The van der Waals surface area contributed by atoms with Crippen molar-refractivity contribution >= 4 is 21.8 Å². The van der Waals surface area contributed by atoms with E-state index in [-0.39, 0.29) is 0 Å². The second kappa shape index (κ2) is 8.40. The standard InChI is InChI=1S/C24H25N3O2S/c1-16-14-25-20(17(2)23(16)29-4)15-30(28)24-26-22-19(11-8-12-21(22)27(24)3)13-18-9-6-5-7-10-18/h5-12,14H,13,15H2,1-4H3. The van der Waals surface area contributed by atoms with Gasteiger partial charge in [-0.05, 0) is 37.5 Å². The van der Waals surface area contributed by atoms with Crippen LogP contribution in [0, 0.1) is 13.8 Å². The zero-order valence-electron chi connectivity index (χ0n) is 17.7. The van der Waals surface area contributed by atoms with Crippen molar-refractivity contribution in [3.8, 4) is 5.75 Å². The molecule has 0 spiro atoms. The minimum atomic E-state index is -1.33. The third kappa shape index (κ3) is 3.75. The molecule has 2 aromatic heterocycles. The van der Waals surface area contributed by atoms with Crippen LogP contribution in [-0.2, 0) is 30.0 Å². The summed E-state index contributed by atoms with van der Waals surface area (Å²) in [7, 11) is 2.24. The number of hydrogen-bond acceptors (Lipinski definition) is 4. The van der Waals surface area contributed by atoms with E-state index in [0.29, 0.717) is 10.9 Å². The number of fused-ring (bicyclic) bond motifs is 1. The van der Waals surface area contributed by atoms with Crippen molar-refractivity contribution in [2.75, 3.05) is 7.11 Å². The molecule has 0 fully saturated rings. The number of ether oxygens (including phenoxy) is 1. The van der Waals surface area contributed by atoms with Gasteiger partial charge in [-0.2, -0.15) is 0 Å². The molecule has 4 aromatic rings. The van der Waals surface area contributed by atoms with Gasteiger partial charge < -0.3 is 9.30 Å². The summed E-state index contributed by atoms with van der Waals surface area (Å²) in [5, 5.41) is 0.561. The minimum Gasteiger partial charge on any atom is -0.496 e.